The van der Waals surface area contributed by atoms with Gasteiger partial charge < -0.3 is 10.1 Å². The number of aromatic nitrogens is 3. The predicted molar refractivity (Wildman–Crippen MR) is 53.3 cm³/mol. The lowest BCUT2D eigenvalue weighted by molar-refractivity contribution is 0.0884. The molecule has 0 amide bonds. The van der Waals surface area contributed by atoms with Gasteiger partial charge in [-0.2, -0.15) is 0 Å². The highest BCUT2D eigenvalue weighted by Crippen LogP contribution is 2.60. The van der Waals surface area contributed by atoms with Crippen LogP contribution in [0.25, 0.3) is 5.65 Å². The fourth-order valence-electron chi connectivity index (χ4n) is 2.14. The zero-order valence-electron chi connectivity index (χ0n) is 8.40. The summed E-state index contributed by atoms with van der Waals surface area (Å²) >= 11 is 0. The number of alkyl halides is 2. The van der Waals surface area contributed by atoms with Crippen LogP contribution in [0.3, 0.4) is 0 Å². The van der Waals surface area contributed by atoms with Crippen molar-refractivity contribution >= 4 is 5.65 Å². The topological polar surface area (TPSA) is 56.2 Å². The minimum absolute atomic E-state index is 0.0733. The van der Waals surface area contributed by atoms with Crippen molar-refractivity contribution in [3.8, 4) is 0 Å². The van der Waals surface area contributed by atoms with Crippen LogP contribution >= 0.6 is 0 Å². The largest absolute Gasteiger partial charge is 0.329 e. The van der Waals surface area contributed by atoms with Gasteiger partial charge in [0.1, 0.15) is 0 Å². The van der Waals surface area contributed by atoms with E-state index in [1.54, 1.807) is 16.8 Å². The Morgan fingerprint density at radius 1 is 1.44 bits per heavy atom. The van der Waals surface area contributed by atoms with Crippen LogP contribution in [0.1, 0.15) is 12.1 Å². The van der Waals surface area contributed by atoms with E-state index >= 15 is 0 Å². The van der Waals surface area contributed by atoms with Crippen LogP contribution < -0.4 is 5.73 Å². The van der Waals surface area contributed by atoms with Gasteiger partial charge in [-0.15, -0.1) is 0 Å². The number of nitrogens with two attached hydrogens (primary N) is 1. The average molecular weight is 224 g/mol. The highest BCUT2D eigenvalue weighted by molar-refractivity contribution is 5.44. The fraction of sp³-hybridized carbons (Fsp3) is 0.400. The Bertz CT molecular complexity index is 550. The quantitative estimate of drug-likeness (QED) is 0.826. The minimum atomic E-state index is -2.72. The summed E-state index contributed by atoms with van der Waals surface area (Å²) in [5.41, 5.74) is 5.28. The monoisotopic (exact) mass is 224 g/mol. The molecule has 16 heavy (non-hydrogen) atoms. The van der Waals surface area contributed by atoms with Gasteiger partial charge in [0.15, 0.2) is 5.65 Å². The van der Waals surface area contributed by atoms with Crippen molar-refractivity contribution < 1.29 is 8.78 Å². The van der Waals surface area contributed by atoms with Crippen molar-refractivity contribution in [1.29, 1.82) is 0 Å². The third-order valence-electron chi connectivity index (χ3n) is 3.25. The molecule has 84 valence electrons. The Kier molecular flexibility index (Phi) is 1.67. The molecule has 1 saturated carbocycles. The molecule has 1 aliphatic carbocycles. The predicted octanol–water partition coefficient (Wildman–Crippen LogP) is 0.965. The van der Waals surface area contributed by atoms with Gasteiger partial charge in [0.25, 0.3) is 5.92 Å². The highest BCUT2D eigenvalue weighted by atomic mass is 19.3. The maximum Gasteiger partial charge on any atom is 0.261 e. The summed E-state index contributed by atoms with van der Waals surface area (Å²) in [7, 11) is 0. The molecular weight excluding hydrogens is 214 g/mol. The summed E-state index contributed by atoms with van der Waals surface area (Å²) in [6.07, 6.45) is 5.97. The van der Waals surface area contributed by atoms with E-state index in [9.17, 15) is 8.78 Å². The molecule has 6 heteroatoms. The highest BCUT2D eigenvalue weighted by Gasteiger charge is 2.72. The molecule has 0 bridgehead atoms. The van der Waals surface area contributed by atoms with Crippen LogP contribution in [0, 0.1) is 0 Å². The van der Waals surface area contributed by atoms with Crippen LogP contribution in [0.5, 0.6) is 0 Å². The first kappa shape index (κ1) is 9.65. The molecule has 1 unspecified atom stereocenters. The number of hydrogen-bond donors (Lipinski definition) is 1. The van der Waals surface area contributed by atoms with Crippen LogP contribution in [-0.2, 0) is 5.41 Å². The van der Waals surface area contributed by atoms with E-state index in [0.29, 0.717) is 11.3 Å². The first-order chi connectivity index (χ1) is 7.61. The van der Waals surface area contributed by atoms with Crippen LogP contribution in [0.4, 0.5) is 8.78 Å². The maximum atomic E-state index is 13.4. The Morgan fingerprint density at radius 2 is 2.19 bits per heavy atom. The van der Waals surface area contributed by atoms with E-state index in [0.717, 1.165) is 0 Å². The Morgan fingerprint density at radius 3 is 2.81 bits per heavy atom. The van der Waals surface area contributed by atoms with Crippen molar-refractivity contribution in [1.82, 2.24) is 14.4 Å². The molecule has 2 aromatic heterocycles. The summed E-state index contributed by atoms with van der Waals surface area (Å²) in [5, 5.41) is 0. The van der Waals surface area contributed by atoms with E-state index in [4.69, 9.17) is 5.73 Å². The minimum Gasteiger partial charge on any atom is -0.329 e. The summed E-state index contributed by atoms with van der Waals surface area (Å²) in [4.78, 5) is 7.94. The normalized spacial score (nSPS) is 27.2. The summed E-state index contributed by atoms with van der Waals surface area (Å²) in [5.74, 6) is -2.72. The molecule has 2 N–H and O–H groups in total. The molecule has 4 nitrogen and oxygen atoms in total. The second-order valence-electron chi connectivity index (χ2n) is 4.12. The SMILES string of the molecule is NCC1(c2cnc3cnccn23)CC1(F)F. The second kappa shape index (κ2) is 2.76. The van der Waals surface area contributed by atoms with E-state index in [2.05, 4.69) is 9.97 Å². The molecule has 0 aliphatic heterocycles. The number of nitrogens with zero attached hydrogens (tertiary/aromatic N) is 3. The molecule has 3 rings (SSSR count). The number of hydrogen-bond acceptors (Lipinski definition) is 3. The zero-order chi connectivity index (χ0) is 11.4. The lowest BCUT2D eigenvalue weighted by Gasteiger charge is -2.13. The Hall–Kier alpha value is -1.56. The second-order valence-corrected chi connectivity index (χ2v) is 4.12. The van der Waals surface area contributed by atoms with Gasteiger partial charge in [-0.3, -0.25) is 4.98 Å². The van der Waals surface area contributed by atoms with Gasteiger partial charge in [0.2, 0.25) is 0 Å². The molecule has 0 aromatic carbocycles. The number of rotatable bonds is 2. The van der Waals surface area contributed by atoms with Crippen molar-refractivity contribution in [2.24, 2.45) is 5.73 Å². The van der Waals surface area contributed by atoms with E-state index in [-0.39, 0.29) is 13.0 Å². The van der Waals surface area contributed by atoms with Crippen molar-refractivity contribution in [2.45, 2.75) is 17.8 Å². The molecule has 1 atom stereocenters. The van der Waals surface area contributed by atoms with Crippen molar-refractivity contribution in [3.63, 3.8) is 0 Å². The standard InChI is InChI=1S/C10H10F2N4/c11-10(12)5-9(10,6-13)7-3-15-8-4-14-1-2-16(7)8/h1-4H,5-6,13H2. The maximum absolute atomic E-state index is 13.4. The lowest BCUT2D eigenvalue weighted by atomic mass is 10.0. The average Bonchev–Trinajstić information content (AvgIpc) is 2.67. The van der Waals surface area contributed by atoms with E-state index in [1.165, 1.54) is 12.4 Å². The fourth-order valence-corrected chi connectivity index (χ4v) is 2.14. The summed E-state index contributed by atoms with van der Waals surface area (Å²) in [6, 6.07) is 0. The number of fused-ring (bicyclic) bond motifs is 1. The number of imidazole rings is 1. The smallest absolute Gasteiger partial charge is 0.261 e. The number of halogens is 2. The van der Waals surface area contributed by atoms with Crippen LogP contribution in [0.15, 0.2) is 24.8 Å². The van der Waals surface area contributed by atoms with Crippen molar-refractivity contribution in [2.75, 3.05) is 6.54 Å². The molecular formula is C10H10F2N4. The first-order valence-corrected chi connectivity index (χ1v) is 4.96. The van der Waals surface area contributed by atoms with Gasteiger partial charge in [-0.05, 0) is 0 Å². The van der Waals surface area contributed by atoms with Gasteiger partial charge in [0, 0.05) is 25.4 Å². The molecule has 1 aliphatic rings. The van der Waals surface area contributed by atoms with Gasteiger partial charge in [-0.25, -0.2) is 13.8 Å². The summed E-state index contributed by atoms with van der Waals surface area (Å²) < 4.78 is 28.4. The third-order valence-corrected chi connectivity index (χ3v) is 3.25. The Balaban J connectivity index is 2.20. The van der Waals surface area contributed by atoms with Gasteiger partial charge in [-0.1, -0.05) is 0 Å². The zero-order valence-corrected chi connectivity index (χ0v) is 8.40. The van der Waals surface area contributed by atoms with Gasteiger partial charge in [0.05, 0.1) is 23.5 Å². The van der Waals surface area contributed by atoms with E-state index in [1.807, 2.05) is 0 Å². The van der Waals surface area contributed by atoms with Gasteiger partial charge >= 0.3 is 0 Å². The van der Waals surface area contributed by atoms with E-state index < -0.39 is 11.3 Å². The molecule has 0 radical (unpaired) electrons. The molecule has 0 spiro atoms. The molecule has 2 aromatic rings. The first-order valence-electron chi connectivity index (χ1n) is 4.96. The lowest BCUT2D eigenvalue weighted by Crippen LogP contribution is -2.28. The Labute approximate surface area is 90.1 Å². The third kappa shape index (κ3) is 0.996. The molecule has 2 heterocycles. The van der Waals surface area contributed by atoms with Crippen molar-refractivity contribution in [3.05, 3.63) is 30.5 Å². The van der Waals surface area contributed by atoms with Crippen LogP contribution in [-0.4, -0.2) is 26.8 Å². The molecule has 0 saturated heterocycles. The molecule has 1 fully saturated rings. The summed E-state index contributed by atoms with van der Waals surface area (Å²) in [6.45, 7) is -0.0733. The van der Waals surface area contributed by atoms with Crippen LogP contribution in [0.2, 0.25) is 0 Å².